The smallest absolute Gasteiger partial charge is 0.347 e. The highest BCUT2D eigenvalue weighted by Crippen LogP contribution is 2.36. The van der Waals surface area contributed by atoms with Gasteiger partial charge >= 0.3 is 5.97 Å². The molecule has 5 nitrogen and oxygen atoms in total. The number of hydrogen-bond donors (Lipinski definition) is 2. The summed E-state index contributed by atoms with van der Waals surface area (Å²) in [5.41, 5.74) is 2.26. The van der Waals surface area contributed by atoms with E-state index < -0.39 is 11.6 Å². The van der Waals surface area contributed by atoms with E-state index in [1.165, 1.54) is 0 Å². The molecule has 1 fully saturated rings. The molecule has 0 radical (unpaired) electrons. The maximum absolute atomic E-state index is 13.2. The Bertz CT molecular complexity index is 929. The number of carboxylic acid groups (broad SMARTS) is 1. The number of carboxylic acids is 1. The zero-order valence-electron chi connectivity index (χ0n) is 18.1. The van der Waals surface area contributed by atoms with Gasteiger partial charge in [0, 0.05) is 35.4 Å². The van der Waals surface area contributed by atoms with E-state index in [0.29, 0.717) is 12.3 Å². The number of Topliss-reactive ketones (excluding diaryl/α,β-unsaturated/α-hetero) is 1. The number of ketones is 1. The number of ether oxygens (including phenoxy) is 1. The van der Waals surface area contributed by atoms with Gasteiger partial charge in [0.15, 0.2) is 11.4 Å². The van der Waals surface area contributed by atoms with Crippen LogP contribution < -0.4 is 10.1 Å². The summed E-state index contributed by atoms with van der Waals surface area (Å²) in [5, 5.41) is 12.7. The van der Waals surface area contributed by atoms with Crippen molar-refractivity contribution in [3.8, 4) is 5.75 Å². The lowest BCUT2D eigenvalue weighted by Gasteiger charge is -2.26. The summed E-state index contributed by atoms with van der Waals surface area (Å²) in [4.78, 5) is 25.8. The molecule has 0 bridgehead atoms. The Kier molecular flexibility index (Phi) is 6.58. The number of carbonyl (C=O) groups excluding carboxylic acids is 1. The third kappa shape index (κ3) is 4.55. The predicted octanol–water partition coefficient (Wildman–Crippen LogP) is 4.45. The summed E-state index contributed by atoms with van der Waals surface area (Å²) in [7, 11) is 0. The van der Waals surface area contributed by atoms with Gasteiger partial charge in [-0.3, -0.25) is 4.79 Å². The van der Waals surface area contributed by atoms with Crippen LogP contribution in [0.4, 0.5) is 0 Å². The second-order valence-corrected chi connectivity index (χ2v) is 9.24. The Morgan fingerprint density at radius 1 is 1.10 bits per heavy atom. The molecule has 2 atom stereocenters. The Balaban J connectivity index is 1.87. The van der Waals surface area contributed by atoms with Crippen molar-refractivity contribution < 1.29 is 19.4 Å². The average Bonchev–Trinajstić information content (AvgIpc) is 3.20. The van der Waals surface area contributed by atoms with Crippen LogP contribution >= 0.6 is 11.8 Å². The Morgan fingerprint density at radius 3 is 2.23 bits per heavy atom. The van der Waals surface area contributed by atoms with Gasteiger partial charge in [0.05, 0.1) is 0 Å². The van der Waals surface area contributed by atoms with Crippen molar-refractivity contribution >= 4 is 23.5 Å². The maximum Gasteiger partial charge on any atom is 0.347 e. The molecule has 2 aromatic carbocycles. The molecule has 0 spiro atoms. The normalized spacial score (nSPS) is 19.0. The minimum atomic E-state index is -1.31. The summed E-state index contributed by atoms with van der Waals surface area (Å²) < 4.78 is 5.82. The van der Waals surface area contributed by atoms with Gasteiger partial charge in [-0.1, -0.05) is 24.3 Å². The number of benzene rings is 2. The minimum absolute atomic E-state index is 0.0664. The molecule has 1 aliphatic rings. The monoisotopic (exact) mass is 427 g/mol. The number of nitrogens with one attached hydrogen (secondary N) is 1. The second kappa shape index (κ2) is 8.82. The molecule has 6 heteroatoms. The molecule has 0 unspecified atom stereocenters. The molecule has 1 heterocycles. The quantitative estimate of drug-likeness (QED) is 0.502. The molecule has 0 aliphatic carbocycles. The standard InChI is InChI=1S/C24H29NO4S/c1-14-10-17(11-15(2)22(14)29-24(3,4)23(27)28)19-12-25-13-20(19)21(26)16-6-8-18(30-5)9-7-16/h6-11,19-20,25H,12-13H2,1-5H3,(H,27,28)/t19-,20+/m0/s1. The first-order chi connectivity index (χ1) is 14.1. The Labute approximate surface area is 182 Å². The molecule has 0 aromatic heterocycles. The summed E-state index contributed by atoms with van der Waals surface area (Å²) in [6.07, 6.45) is 2.02. The fourth-order valence-corrected chi connectivity index (χ4v) is 4.34. The molecule has 0 amide bonds. The first-order valence-corrected chi connectivity index (χ1v) is 11.3. The third-order valence-electron chi connectivity index (χ3n) is 5.71. The first-order valence-electron chi connectivity index (χ1n) is 10.1. The lowest BCUT2D eigenvalue weighted by Crippen LogP contribution is -2.38. The first kappa shape index (κ1) is 22.4. The van der Waals surface area contributed by atoms with Crippen molar-refractivity contribution in [3.63, 3.8) is 0 Å². The van der Waals surface area contributed by atoms with Crippen LogP contribution in [0.15, 0.2) is 41.3 Å². The van der Waals surface area contributed by atoms with Crippen LogP contribution in [0.5, 0.6) is 5.75 Å². The number of hydrogen-bond acceptors (Lipinski definition) is 5. The molecule has 30 heavy (non-hydrogen) atoms. The van der Waals surface area contributed by atoms with Crippen LogP contribution in [-0.4, -0.2) is 41.8 Å². The number of carbonyl (C=O) groups is 2. The van der Waals surface area contributed by atoms with Crippen LogP contribution in [0.3, 0.4) is 0 Å². The second-order valence-electron chi connectivity index (χ2n) is 8.37. The van der Waals surface area contributed by atoms with Gasteiger partial charge in [-0.2, -0.15) is 0 Å². The largest absolute Gasteiger partial charge is 0.478 e. The van der Waals surface area contributed by atoms with Gasteiger partial charge in [-0.25, -0.2) is 4.79 Å². The molecule has 1 aliphatic heterocycles. The summed E-state index contributed by atoms with van der Waals surface area (Å²) in [6, 6.07) is 11.8. The third-order valence-corrected chi connectivity index (χ3v) is 6.45. The van der Waals surface area contributed by atoms with Crippen LogP contribution in [0.1, 0.15) is 46.8 Å². The highest BCUT2D eigenvalue weighted by molar-refractivity contribution is 7.98. The van der Waals surface area contributed by atoms with Crippen LogP contribution in [-0.2, 0) is 4.79 Å². The molecular formula is C24H29NO4S. The van der Waals surface area contributed by atoms with E-state index in [-0.39, 0.29) is 17.6 Å². The fourth-order valence-electron chi connectivity index (χ4n) is 3.93. The average molecular weight is 428 g/mol. The number of rotatable bonds is 7. The predicted molar refractivity (Wildman–Crippen MR) is 120 cm³/mol. The molecule has 3 rings (SSSR count). The van der Waals surface area contributed by atoms with Crippen LogP contribution in [0, 0.1) is 19.8 Å². The number of aliphatic carboxylic acids is 1. The van der Waals surface area contributed by atoms with E-state index in [9.17, 15) is 14.7 Å². The molecular weight excluding hydrogens is 398 g/mol. The SMILES string of the molecule is CSc1ccc(C(=O)[C@@H]2CNC[C@H]2c2cc(C)c(OC(C)(C)C(=O)O)c(C)c2)cc1. The molecule has 1 saturated heterocycles. The zero-order valence-corrected chi connectivity index (χ0v) is 18.9. The van der Waals surface area contributed by atoms with Gasteiger partial charge < -0.3 is 15.2 Å². The van der Waals surface area contributed by atoms with Gasteiger partial charge in [0.25, 0.3) is 0 Å². The molecule has 2 aromatic rings. The molecule has 0 saturated carbocycles. The number of thioether (sulfide) groups is 1. The Morgan fingerprint density at radius 2 is 1.70 bits per heavy atom. The number of aryl methyl sites for hydroxylation is 2. The van der Waals surface area contributed by atoms with Gasteiger partial charge in [0.2, 0.25) is 0 Å². The minimum Gasteiger partial charge on any atom is -0.478 e. The highest BCUT2D eigenvalue weighted by atomic mass is 32.2. The molecule has 2 N–H and O–H groups in total. The van der Waals surface area contributed by atoms with Crippen molar-refractivity contribution in [2.45, 2.75) is 44.1 Å². The van der Waals surface area contributed by atoms with Crippen LogP contribution in [0.25, 0.3) is 0 Å². The van der Waals surface area contributed by atoms with Gasteiger partial charge in [0.1, 0.15) is 5.75 Å². The van der Waals surface area contributed by atoms with Gasteiger partial charge in [-0.05, 0) is 62.8 Å². The maximum atomic E-state index is 13.2. The van der Waals surface area contributed by atoms with E-state index >= 15 is 0 Å². The summed E-state index contributed by atoms with van der Waals surface area (Å²) in [5.74, 6) is -0.334. The van der Waals surface area contributed by atoms with E-state index in [1.54, 1.807) is 25.6 Å². The Hall–Kier alpha value is -2.31. The fraction of sp³-hybridized carbons (Fsp3) is 0.417. The lowest BCUT2D eigenvalue weighted by atomic mass is 9.82. The van der Waals surface area contributed by atoms with Crippen molar-refractivity contribution in [2.75, 3.05) is 19.3 Å². The van der Waals surface area contributed by atoms with E-state index in [1.807, 2.05) is 56.5 Å². The van der Waals surface area contributed by atoms with E-state index in [2.05, 4.69) is 5.32 Å². The highest BCUT2D eigenvalue weighted by Gasteiger charge is 2.35. The van der Waals surface area contributed by atoms with Crippen molar-refractivity contribution in [1.29, 1.82) is 0 Å². The lowest BCUT2D eigenvalue weighted by molar-refractivity contribution is -0.152. The van der Waals surface area contributed by atoms with Crippen molar-refractivity contribution in [3.05, 3.63) is 58.7 Å². The van der Waals surface area contributed by atoms with Crippen molar-refractivity contribution in [1.82, 2.24) is 5.32 Å². The van der Waals surface area contributed by atoms with Crippen LogP contribution in [0.2, 0.25) is 0 Å². The molecule has 160 valence electrons. The summed E-state index contributed by atoms with van der Waals surface area (Å²) >= 11 is 1.66. The van der Waals surface area contributed by atoms with E-state index in [4.69, 9.17) is 4.74 Å². The topological polar surface area (TPSA) is 75.6 Å². The van der Waals surface area contributed by atoms with E-state index in [0.717, 1.165) is 33.7 Å². The summed E-state index contributed by atoms with van der Waals surface area (Å²) in [6.45, 7) is 8.31. The van der Waals surface area contributed by atoms with Crippen molar-refractivity contribution in [2.24, 2.45) is 5.92 Å². The zero-order chi connectivity index (χ0) is 22.1. The van der Waals surface area contributed by atoms with Gasteiger partial charge in [-0.15, -0.1) is 11.8 Å².